The van der Waals surface area contributed by atoms with Crippen LogP contribution in [-0.2, 0) is 4.79 Å². The van der Waals surface area contributed by atoms with E-state index in [0.717, 1.165) is 6.42 Å². The number of anilines is 1. The molecule has 0 saturated heterocycles. The van der Waals surface area contributed by atoms with Gasteiger partial charge in [0.2, 0.25) is 5.91 Å². The molecule has 0 heterocycles. The van der Waals surface area contributed by atoms with Crippen LogP contribution in [0.4, 0.5) is 5.69 Å². The van der Waals surface area contributed by atoms with Crippen molar-refractivity contribution in [1.82, 2.24) is 0 Å². The van der Waals surface area contributed by atoms with Gasteiger partial charge in [0.1, 0.15) is 11.5 Å². The minimum atomic E-state index is -0.136. The maximum absolute atomic E-state index is 11.9. The lowest BCUT2D eigenvalue weighted by Crippen LogP contribution is -2.36. The molecule has 0 fully saturated rings. The summed E-state index contributed by atoms with van der Waals surface area (Å²) in [4.78, 5) is 13.5. The summed E-state index contributed by atoms with van der Waals surface area (Å²) in [6.45, 7) is 2.57. The molecule has 5 nitrogen and oxygen atoms in total. The van der Waals surface area contributed by atoms with Gasteiger partial charge < -0.3 is 20.1 Å². The van der Waals surface area contributed by atoms with Crippen molar-refractivity contribution in [2.75, 3.05) is 32.2 Å². The molecule has 5 heteroatoms. The van der Waals surface area contributed by atoms with Gasteiger partial charge in [-0.3, -0.25) is 4.79 Å². The highest BCUT2D eigenvalue weighted by Gasteiger charge is 2.18. The zero-order valence-electron chi connectivity index (χ0n) is 11.1. The van der Waals surface area contributed by atoms with E-state index in [2.05, 4.69) is 0 Å². The third kappa shape index (κ3) is 3.13. The normalized spacial score (nSPS) is 10.0. The highest BCUT2D eigenvalue weighted by Crippen LogP contribution is 2.32. The van der Waals surface area contributed by atoms with Crippen molar-refractivity contribution in [3.8, 4) is 11.5 Å². The first kappa shape index (κ1) is 14.3. The number of methoxy groups -OCH3 is 2. The fourth-order valence-corrected chi connectivity index (χ4v) is 1.72. The fraction of sp³-hybridized carbons (Fsp3) is 0.462. The minimum absolute atomic E-state index is 0.0274. The predicted octanol–water partition coefficient (Wildman–Crippen LogP) is 1.41. The smallest absolute Gasteiger partial charge is 0.240 e. The molecule has 0 aliphatic rings. The molecular weight excluding hydrogens is 232 g/mol. The Labute approximate surface area is 107 Å². The van der Waals surface area contributed by atoms with Crippen molar-refractivity contribution in [2.45, 2.75) is 13.3 Å². The maximum Gasteiger partial charge on any atom is 0.240 e. The molecule has 0 unspecified atom stereocenters. The molecule has 0 spiro atoms. The summed E-state index contributed by atoms with van der Waals surface area (Å²) in [5.41, 5.74) is 6.13. The number of rotatable bonds is 6. The third-order valence-electron chi connectivity index (χ3n) is 2.60. The van der Waals surface area contributed by atoms with Gasteiger partial charge in [0, 0.05) is 12.6 Å². The number of benzene rings is 1. The quantitative estimate of drug-likeness (QED) is 0.831. The summed E-state index contributed by atoms with van der Waals surface area (Å²) >= 11 is 0. The number of carbonyl (C=O) groups excluding carboxylic acids is 1. The van der Waals surface area contributed by atoms with Crippen LogP contribution in [0.25, 0.3) is 0 Å². The van der Waals surface area contributed by atoms with Crippen LogP contribution in [0.3, 0.4) is 0 Å². The number of hydrogen-bond acceptors (Lipinski definition) is 4. The summed E-state index contributed by atoms with van der Waals surface area (Å²) < 4.78 is 10.4. The van der Waals surface area contributed by atoms with Crippen molar-refractivity contribution in [3.05, 3.63) is 18.2 Å². The molecule has 0 saturated carbocycles. The van der Waals surface area contributed by atoms with E-state index in [0.29, 0.717) is 23.7 Å². The van der Waals surface area contributed by atoms with Gasteiger partial charge in [0.25, 0.3) is 0 Å². The molecule has 0 atom stereocenters. The summed E-state index contributed by atoms with van der Waals surface area (Å²) in [7, 11) is 3.16. The minimum Gasteiger partial charge on any atom is -0.497 e. The Morgan fingerprint density at radius 3 is 2.56 bits per heavy atom. The molecule has 1 rings (SSSR count). The van der Waals surface area contributed by atoms with E-state index in [-0.39, 0.29) is 12.5 Å². The van der Waals surface area contributed by atoms with Crippen LogP contribution in [-0.4, -0.2) is 33.2 Å². The summed E-state index contributed by atoms with van der Waals surface area (Å²) in [5, 5.41) is 0. The number of amides is 1. The van der Waals surface area contributed by atoms with Crippen molar-refractivity contribution >= 4 is 11.6 Å². The van der Waals surface area contributed by atoms with Crippen LogP contribution in [0, 0.1) is 0 Å². The standard InChI is InChI=1S/C13H20N2O3/c1-4-7-15(13(16)9-14)11-8-10(17-2)5-6-12(11)18-3/h5-6,8H,4,7,9,14H2,1-3H3. The zero-order valence-corrected chi connectivity index (χ0v) is 11.1. The van der Waals surface area contributed by atoms with Crippen LogP contribution in [0.2, 0.25) is 0 Å². The fourth-order valence-electron chi connectivity index (χ4n) is 1.72. The summed E-state index contributed by atoms with van der Waals surface area (Å²) in [6, 6.07) is 5.35. The van der Waals surface area contributed by atoms with E-state index in [9.17, 15) is 4.79 Å². The van der Waals surface area contributed by atoms with Gasteiger partial charge in [0.15, 0.2) is 0 Å². The summed E-state index contributed by atoms with van der Waals surface area (Å²) in [5.74, 6) is 1.17. The molecule has 0 aliphatic carbocycles. The van der Waals surface area contributed by atoms with E-state index in [4.69, 9.17) is 15.2 Å². The molecule has 0 radical (unpaired) electrons. The second-order valence-electron chi connectivity index (χ2n) is 3.79. The molecule has 1 amide bonds. The maximum atomic E-state index is 11.9. The van der Waals surface area contributed by atoms with E-state index in [1.54, 1.807) is 37.3 Å². The molecule has 2 N–H and O–H groups in total. The molecule has 0 aromatic heterocycles. The lowest BCUT2D eigenvalue weighted by molar-refractivity contribution is -0.117. The van der Waals surface area contributed by atoms with Crippen LogP contribution >= 0.6 is 0 Å². The Kier molecular flexibility index (Phi) is 5.45. The molecule has 1 aromatic rings. The molecule has 1 aromatic carbocycles. The Bertz CT molecular complexity index is 407. The van der Waals surface area contributed by atoms with Crippen molar-refractivity contribution in [3.63, 3.8) is 0 Å². The lowest BCUT2D eigenvalue weighted by atomic mass is 10.2. The first-order valence-electron chi connectivity index (χ1n) is 5.90. The zero-order chi connectivity index (χ0) is 13.5. The van der Waals surface area contributed by atoms with Crippen molar-refractivity contribution < 1.29 is 14.3 Å². The topological polar surface area (TPSA) is 64.8 Å². The molecule has 18 heavy (non-hydrogen) atoms. The first-order chi connectivity index (χ1) is 8.67. The number of nitrogens with zero attached hydrogens (tertiary/aromatic N) is 1. The highest BCUT2D eigenvalue weighted by molar-refractivity contribution is 5.96. The van der Waals surface area contributed by atoms with Gasteiger partial charge in [-0.1, -0.05) is 6.92 Å². The highest BCUT2D eigenvalue weighted by atomic mass is 16.5. The first-order valence-corrected chi connectivity index (χ1v) is 5.90. The average molecular weight is 252 g/mol. The predicted molar refractivity (Wildman–Crippen MR) is 71.2 cm³/mol. The Morgan fingerprint density at radius 2 is 2.06 bits per heavy atom. The van der Waals surface area contributed by atoms with Gasteiger partial charge in [0.05, 0.1) is 26.5 Å². The number of hydrogen-bond donors (Lipinski definition) is 1. The third-order valence-corrected chi connectivity index (χ3v) is 2.60. The summed E-state index contributed by atoms with van der Waals surface area (Å²) in [6.07, 6.45) is 0.839. The van der Waals surface area contributed by atoms with Crippen LogP contribution in [0.5, 0.6) is 11.5 Å². The van der Waals surface area contributed by atoms with Gasteiger partial charge in [-0.2, -0.15) is 0 Å². The van der Waals surface area contributed by atoms with E-state index >= 15 is 0 Å². The van der Waals surface area contributed by atoms with Crippen molar-refractivity contribution in [2.24, 2.45) is 5.73 Å². The van der Waals surface area contributed by atoms with Crippen LogP contribution in [0.15, 0.2) is 18.2 Å². The van der Waals surface area contributed by atoms with Crippen molar-refractivity contribution in [1.29, 1.82) is 0 Å². The second kappa shape index (κ2) is 6.86. The SMILES string of the molecule is CCCN(C(=O)CN)c1cc(OC)ccc1OC. The Morgan fingerprint density at radius 1 is 1.33 bits per heavy atom. The second-order valence-corrected chi connectivity index (χ2v) is 3.79. The van der Waals surface area contributed by atoms with Gasteiger partial charge in [-0.05, 0) is 18.6 Å². The Balaban J connectivity index is 3.19. The monoisotopic (exact) mass is 252 g/mol. The number of carbonyl (C=O) groups is 1. The molecule has 100 valence electrons. The number of ether oxygens (including phenoxy) is 2. The van der Waals surface area contributed by atoms with E-state index < -0.39 is 0 Å². The Hall–Kier alpha value is -1.75. The van der Waals surface area contributed by atoms with Gasteiger partial charge in [-0.15, -0.1) is 0 Å². The van der Waals surface area contributed by atoms with Crippen LogP contribution in [0.1, 0.15) is 13.3 Å². The lowest BCUT2D eigenvalue weighted by Gasteiger charge is -2.24. The average Bonchev–Trinajstić information content (AvgIpc) is 2.43. The molecular formula is C13H20N2O3. The largest absolute Gasteiger partial charge is 0.497 e. The van der Waals surface area contributed by atoms with Gasteiger partial charge >= 0.3 is 0 Å². The molecule has 0 aliphatic heterocycles. The number of nitrogens with two attached hydrogens (primary N) is 1. The molecule has 0 bridgehead atoms. The van der Waals surface area contributed by atoms with E-state index in [1.807, 2.05) is 6.92 Å². The van der Waals surface area contributed by atoms with Crippen LogP contribution < -0.4 is 20.1 Å². The van der Waals surface area contributed by atoms with E-state index in [1.165, 1.54) is 0 Å². The van der Waals surface area contributed by atoms with Gasteiger partial charge in [-0.25, -0.2) is 0 Å².